The Morgan fingerprint density at radius 2 is 1.72 bits per heavy atom. The number of methoxy groups -OCH3 is 1. The molecule has 1 aromatic carbocycles. The topological polar surface area (TPSA) is 109 Å². The number of hydrogen-bond acceptors (Lipinski definition) is 6. The van der Waals surface area contributed by atoms with Gasteiger partial charge in [-0.15, -0.1) is 0 Å². The molecule has 1 aromatic heterocycles. The predicted octanol–water partition coefficient (Wildman–Crippen LogP) is 3.36. The molecule has 1 fully saturated rings. The molecule has 8 nitrogen and oxygen atoms in total. The van der Waals surface area contributed by atoms with E-state index in [-0.39, 0.29) is 16.1 Å². The second-order valence-corrected chi connectivity index (χ2v) is 8.62. The first-order valence-electron chi connectivity index (χ1n) is 9.56. The third kappa shape index (κ3) is 5.17. The summed E-state index contributed by atoms with van der Waals surface area (Å²) >= 11 is 0. The smallest absolute Gasteiger partial charge is 0.339 e. The van der Waals surface area contributed by atoms with Crippen LogP contribution in [0.25, 0.3) is 0 Å². The minimum Gasteiger partial charge on any atom is -0.497 e. The minimum absolute atomic E-state index is 0.0134. The van der Waals surface area contributed by atoms with E-state index in [9.17, 15) is 18.3 Å². The number of nitrogens with one attached hydrogen (secondary N) is 1. The zero-order chi connectivity index (χ0) is 20.9. The summed E-state index contributed by atoms with van der Waals surface area (Å²) in [6.45, 7) is 1.48. The van der Waals surface area contributed by atoms with Crippen molar-refractivity contribution in [1.29, 1.82) is 0 Å². The second kappa shape index (κ2) is 9.13. The van der Waals surface area contributed by atoms with Crippen molar-refractivity contribution >= 4 is 27.5 Å². The highest BCUT2D eigenvalue weighted by molar-refractivity contribution is 7.92. The first kappa shape index (κ1) is 20.9. The van der Waals surface area contributed by atoms with Crippen LogP contribution in [0, 0.1) is 0 Å². The molecule has 0 saturated carbocycles. The normalized spacial score (nSPS) is 15.3. The molecule has 0 spiro atoms. The Bertz CT molecular complexity index is 953. The first-order chi connectivity index (χ1) is 13.9. The Hall–Kier alpha value is -2.81. The molecule has 0 aliphatic carbocycles. The van der Waals surface area contributed by atoms with Crippen molar-refractivity contribution < 1.29 is 23.1 Å². The molecule has 1 saturated heterocycles. The monoisotopic (exact) mass is 419 g/mol. The number of carbonyl (C=O) groups is 1. The van der Waals surface area contributed by atoms with E-state index in [2.05, 4.69) is 9.71 Å². The van der Waals surface area contributed by atoms with Gasteiger partial charge < -0.3 is 14.7 Å². The molecule has 0 radical (unpaired) electrons. The van der Waals surface area contributed by atoms with Crippen LogP contribution in [0.2, 0.25) is 0 Å². The minimum atomic E-state index is -3.88. The number of ether oxygens (including phenoxy) is 1. The number of carboxylic acids is 1. The van der Waals surface area contributed by atoms with Gasteiger partial charge >= 0.3 is 5.97 Å². The highest BCUT2D eigenvalue weighted by atomic mass is 32.2. The maximum Gasteiger partial charge on any atom is 0.339 e. The van der Waals surface area contributed by atoms with Gasteiger partial charge in [-0.2, -0.15) is 0 Å². The molecule has 156 valence electrons. The van der Waals surface area contributed by atoms with Gasteiger partial charge in [-0.05, 0) is 43.2 Å². The van der Waals surface area contributed by atoms with Crippen LogP contribution in [0.5, 0.6) is 5.75 Å². The van der Waals surface area contributed by atoms with Crippen LogP contribution < -0.4 is 14.4 Å². The van der Waals surface area contributed by atoms with Crippen LogP contribution in [-0.4, -0.2) is 44.7 Å². The largest absolute Gasteiger partial charge is 0.497 e. The number of sulfonamides is 1. The molecule has 0 unspecified atom stereocenters. The maximum atomic E-state index is 12.6. The average Bonchev–Trinajstić information content (AvgIpc) is 2.68. The van der Waals surface area contributed by atoms with Crippen LogP contribution in [0.1, 0.15) is 42.5 Å². The quantitative estimate of drug-likeness (QED) is 0.739. The molecule has 0 amide bonds. The van der Waals surface area contributed by atoms with E-state index in [4.69, 9.17) is 4.74 Å². The molecule has 0 bridgehead atoms. The fraction of sp³-hybridized carbons (Fsp3) is 0.400. The van der Waals surface area contributed by atoms with Crippen LogP contribution >= 0.6 is 0 Å². The van der Waals surface area contributed by atoms with Crippen molar-refractivity contribution in [2.75, 3.05) is 29.8 Å². The summed E-state index contributed by atoms with van der Waals surface area (Å²) in [4.78, 5) is 18.1. The molecule has 1 aliphatic rings. The lowest BCUT2D eigenvalue weighted by Gasteiger charge is -2.27. The Morgan fingerprint density at radius 1 is 1.10 bits per heavy atom. The molecular formula is C20H25N3O5S. The Kier molecular flexibility index (Phi) is 6.58. The number of benzene rings is 1. The van der Waals surface area contributed by atoms with Crippen molar-refractivity contribution in [3.8, 4) is 5.75 Å². The lowest BCUT2D eigenvalue weighted by molar-refractivity contribution is 0.0697. The summed E-state index contributed by atoms with van der Waals surface area (Å²) in [5.41, 5.74) is 0.0921. The van der Waals surface area contributed by atoms with Gasteiger partial charge in [0.1, 0.15) is 17.1 Å². The van der Waals surface area contributed by atoms with Crippen molar-refractivity contribution in [3.63, 3.8) is 0 Å². The maximum absolute atomic E-state index is 12.6. The summed E-state index contributed by atoms with van der Waals surface area (Å²) in [7, 11) is -2.39. The van der Waals surface area contributed by atoms with Gasteiger partial charge in [0.05, 0.1) is 23.9 Å². The third-order valence-electron chi connectivity index (χ3n) is 4.87. The molecule has 0 atom stereocenters. The Balaban J connectivity index is 1.86. The fourth-order valence-corrected chi connectivity index (χ4v) is 4.39. The van der Waals surface area contributed by atoms with Crippen molar-refractivity contribution in [3.05, 3.63) is 42.1 Å². The van der Waals surface area contributed by atoms with E-state index in [1.54, 1.807) is 12.1 Å². The fourth-order valence-electron chi connectivity index (χ4n) is 3.35. The number of aromatic nitrogens is 1. The van der Waals surface area contributed by atoms with Gasteiger partial charge in [0.25, 0.3) is 10.0 Å². The molecule has 2 N–H and O–H groups in total. The SMILES string of the molecule is COc1ccc(S(=O)(=O)Nc2cnc(N3CCCCCCC3)c(C(=O)O)c2)cc1. The van der Waals surface area contributed by atoms with Crippen molar-refractivity contribution in [1.82, 2.24) is 4.98 Å². The zero-order valence-electron chi connectivity index (χ0n) is 16.3. The summed E-state index contributed by atoms with van der Waals surface area (Å²) in [5, 5.41) is 9.66. The van der Waals surface area contributed by atoms with Gasteiger partial charge in [0.15, 0.2) is 0 Å². The highest BCUT2D eigenvalue weighted by Crippen LogP contribution is 2.26. The van der Waals surface area contributed by atoms with E-state index in [0.29, 0.717) is 11.6 Å². The number of pyridine rings is 1. The van der Waals surface area contributed by atoms with Crippen molar-refractivity contribution in [2.45, 2.75) is 37.0 Å². The summed E-state index contributed by atoms with van der Waals surface area (Å²) in [6, 6.07) is 7.24. The van der Waals surface area contributed by atoms with Crippen molar-refractivity contribution in [2.24, 2.45) is 0 Å². The third-order valence-corrected chi connectivity index (χ3v) is 6.27. The lowest BCUT2D eigenvalue weighted by Crippen LogP contribution is -2.29. The molecule has 9 heteroatoms. The summed E-state index contributed by atoms with van der Waals surface area (Å²) < 4.78 is 32.7. The van der Waals surface area contributed by atoms with Crippen LogP contribution in [-0.2, 0) is 10.0 Å². The van der Waals surface area contributed by atoms with Gasteiger partial charge in [0, 0.05) is 13.1 Å². The van der Waals surface area contributed by atoms with E-state index in [1.807, 2.05) is 4.90 Å². The number of carboxylic acid groups (broad SMARTS) is 1. The number of hydrogen-bond donors (Lipinski definition) is 2. The van der Waals surface area contributed by atoms with Crippen LogP contribution in [0.15, 0.2) is 41.4 Å². The van der Waals surface area contributed by atoms with Crippen LogP contribution in [0.4, 0.5) is 11.5 Å². The lowest BCUT2D eigenvalue weighted by atomic mass is 10.1. The van der Waals surface area contributed by atoms with Gasteiger partial charge in [-0.1, -0.05) is 19.3 Å². The second-order valence-electron chi connectivity index (χ2n) is 6.94. The van der Waals surface area contributed by atoms with E-state index in [0.717, 1.165) is 38.8 Å². The Morgan fingerprint density at radius 3 is 2.31 bits per heavy atom. The standard InChI is InChI=1S/C20H25N3O5S/c1-28-16-7-9-17(10-8-16)29(26,27)22-15-13-18(20(24)25)19(21-14-15)23-11-5-3-2-4-6-12-23/h7-10,13-14,22H,2-6,11-12H2,1H3,(H,24,25). The molecule has 2 heterocycles. The number of nitrogens with zero attached hydrogens (tertiary/aromatic N) is 2. The van der Waals surface area contributed by atoms with Gasteiger partial charge in [-0.3, -0.25) is 4.72 Å². The number of aromatic carboxylic acids is 1. The number of rotatable bonds is 6. The summed E-state index contributed by atoms with van der Waals surface area (Å²) in [5.74, 6) is -0.219. The predicted molar refractivity (Wildman–Crippen MR) is 110 cm³/mol. The molecule has 1 aliphatic heterocycles. The first-order valence-corrected chi connectivity index (χ1v) is 11.0. The highest BCUT2D eigenvalue weighted by Gasteiger charge is 2.21. The van der Waals surface area contributed by atoms with E-state index >= 15 is 0 Å². The van der Waals surface area contributed by atoms with E-state index < -0.39 is 16.0 Å². The zero-order valence-corrected chi connectivity index (χ0v) is 17.1. The molecular weight excluding hydrogens is 394 g/mol. The average molecular weight is 420 g/mol. The van der Waals surface area contributed by atoms with Crippen LogP contribution in [0.3, 0.4) is 0 Å². The Labute approximate surface area is 170 Å². The number of anilines is 2. The van der Waals surface area contributed by atoms with Gasteiger partial charge in [-0.25, -0.2) is 18.2 Å². The summed E-state index contributed by atoms with van der Waals surface area (Å²) in [6.07, 6.45) is 6.73. The molecule has 3 rings (SSSR count). The molecule has 29 heavy (non-hydrogen) atoms. The molecule has 2 aromatic rings. The van der Waals surface area contributed by atoms with E-state index in [1.165, 1.54) is 37.9 Å². The van der Waals surface area contributed by atoms with Gasteiger partial charge in [0.2, 0.25) is 0 Å².